The molecule has 1 aromatic carbocycles. The van der Waals surface area contributed by atoms with Gasteiger partial charge in [-0.1, -0.05) is 46.8 Å². The average Bonchev–Trinajstić information content (AvgIpc) is 3.45. The van der Waals surface area contributed by atoms with Gasteiger partial charge in [0, 0.05) is 23.9 Å². The van der Waals surface area contributed by atoms with Gasteiger partial charge in [0.25, 0.3) is 0 Å². The van der Waals surface area contributed by atoms with Crippen LogP contribution < -0.4 is 16.0 Å². The lowest BCUT2D eigenvalue weighted by molar-refractivity contribution is -0.116. The summed E-state index contributed by atoms with van der Waals surface area (Å²) >= 11 is 8.22. The molecule has 2 aromatic heterocycles. The highest BCUT2D eigenvalue weighted by Gasteiger charge is 2.41. The first-order valence-corrected chi connectivity index (χ1v) is 14.5. The van der Waals surface area contributed by atoms with Gasteiger partial charge in [0.05, 0.1) is 41.0 Å². The topological polar surface area (TPSA) is 164 Å². The number of Topliss-reactive ketones (excluding diaryl/α,β-unsaturated/α-hetero) is 1. The van der Waals surface area contributed by atoms with E-state index in [0.717, 1.165) is 0 Å². The number of ketones is 1. The number of nitrogens with two attached hydrogens (primary N) is 1. The Labute approximate surface area is 248 Å². The number of ether oxygens (including phenoxy) is 1. The third-order valence-corrected chi connectivity index (χ3v) is 8.75. The van der Waals surface area contributed by atoms with E-state index < -0.39 is 11.9 Å². The van der Waals surface area contributed by atoms with Crippen LogP contribution in [0.4, 0.5) is 10.9 Å². The summed E-state index contributed by atoms with van der Waals surface area (Å²) in [5.74, 6) is -0.937. The third kappa shape index (κ3) is 5.81. The van der Waals surface area contributed by atoms with Crippen LogP contribution >= 0.6 is 34.7 Å². The second-order valence-corrected chi connectivity index (χ2v) is 11.6. The van der Waals surface area contributed by atoms with Crippen LogP contribution in [0.15, 0.2) is 69.6 Å². The fourth-order valence-corrected chi connectivity index (χ4v) is 6.47. The van der Waals surface area contributed by atoms with Gasteiger partial charge in [0.1, 0.15) is 11.6 Å². The molecular weight excluding hydrogens is 586 g/mol. The summed E-state index contributed by atoms with van der Waals surface area (Å²) in [4.78, 5) is 43.3. The number of rotatable bonds is 7. The second-order valence-electron chi connectivity index (χ2n) is 8.98. The molecule has 14 heteroatoms. The number of thioether (sulfide) groups is 1. The van der Waals surface area contributed by atoms with Crippen molar-refractivity contribution in [1.29, 1.82) is 5.26 Å². The first kappa shape index (κ1) is 28.3. The zero-order valence-electron chi connectivity index (χ0n) is 21.6. The molecule has 1 atom stereocenters. The van der Waals surface area contributed by atoms with Gasteiger partial charge in [0.15, 0.2) is 10.1 Å². The van der Waals surface area contributed by atoms with Gasteiger partial charge in [-0.3, -0.25) is 14.5 Å². The largest absolute Gasteiger partial charge is 0.465 e. The Morgan fingerprint density at radius 2 is 2.02 bits per heavy atom. The second kappa shape index (κ2) is 12.1. The molecule has 0 bridgehead atoms. The monoisotopic (exact) mass is 607 g/mol. The Kier molecular flexibility index (Phi) is 8.34. The van der Waals surface area contributed by atoms with Crippen molar-refractivity contribution in [2.24, 2.45) is 5.73 Å². The summed E-state index contributed by atoms with van der Waals surface area (Å²) in [6.07, 6.45) is 2.96. The molecule has 3 N–H and O–H groups in total. The average molecular weight is 608 g/mol. The number of allylic oxidation sites excluding steroid dienone is 3. The van der Waals surface area contributed by atoms with Crippen LogP contribution in [0.1, 0.15) is 41.1 Å². The van der Waals surface area contributed by atoms with Gasteiger partial charge in [-0.25, -0.2) is 9.78 Å². The van der Waals surface area contributed by atoms with Gasteiger partial charge in [-0.2, -0.15) is 5.26 Å². The minimum atomic E-state index is -0.683. The smallest absolute Gasteiger partial charge is 0.337 e. The molecule has 0 fully saturated rings. The lowest BCUT2D eigenvalue weighted by Crippen LogP contribution is -2.38. The van der Waals surface area contributed by atoms with Crippen molar-refractivity contribution in [2.75, 3.05) is 23.1 Å². The Balaban J connectivity index is 1.42. The summed E-state index contributed by atoms with van der Waals surface area (Å²) < 4.78 is 5.29. The minimum absolute atomic E-state index is 0.0593. The van der Waals surface area contributed by atoms with Crippen molar-refractivity contribution in [3.63, 3.8) is 0 Å². The maximum Gasteiger partial charge on any atom is 0.337 e. The zero-order valence-corrected chi connectivity index (χ0v) is 24.0. The highest BCUT2D eigenvalue weighted by atomic mass is 35.5. The van der Waals surface area contributed by atoms with Crippen molar-refractivity contribution < 1.29 is 19.1 Å². The molecule has 41 heavy (non-hydrogen) atoms. The van der Waals surface area contributed by atoms with Crippen LogP contribution in [0.2, 0.25) is 5.02 Å². The molecule has 0 spiro atoms. The first-order chi connectivity index (χ1) is 19.8. The number of carbonyl (C=O) groups is 3. The lowest BCUT2D eigenvalue weighted by atomic mass is 9.75. The van der Waals surface area contributed by atoms with Crippen molar-refractivity contribution >= 4 is 63.3 Å². The molecule has 1 unspecified atom stereocenters. The number of anilines is 2. The van der Waals surface area contributed by atoms with Crippen LogP contribution in [0.5, 0.6) is 0 Å². The number of amides is 1. The summed E-state index contributed by atoms with van der Waals surface area (Å²) in [5, 5.41) is 22.2. The highest BCUT2D eigenvalue weighted by molar-refractivity contribution is 8.01. The number of halogens is 1. The Morgan fingerprint density at radius 3 is 2.71 bits per heavy atom. The van der Waals surface area contributed by atoms with E-state index in [-0.39, 0.29) is 28.8 Å². The summed E-state index contributed by atoms with van der Waals surface area (Å²) in [5.41, 5.74) is 8.94. The van der Waals surface area contributed by atoms with E-state index in [1.54, 1.807) is 41.3 Å². The van der Waals surface area contributed by atoms with Gasteiger partial charge in [-0.15, -0.1) is 10.2 Å². The predicted molar refractivity (Wildman–Crippen MR) is 154 cm³/mol. The highest BCUT2D eigenvalue weighted by Crippen LogP contribution is 2.47. The Hall–Kier alpha value is -4.25. The number of hydrogen-bond acceptors (Lipinski definition) is 12. The molecule has 11 nitrogen and oxygen atoms in total. The molecule has 1 aliphatic heterocycles. The van der Waals surface area contributed by atoms with Crippen LogP contribution in [0.25, 0.3) is 0 Å². The number of pyridine rings is 1. The van der Waals surface area contributed by atoms with Gasteiger partial charge < -0.3 is 15.8 Å². The van der Waals surface area contributed by atoms with E-state index in [0.29, 0.717) is 62.0 Å². The standard InChI is InChI=1S/C27H22ClN7O4S2/c1-39-25(38)15-7-5-14(6-8-15)22-17(11-29)24(30)35(18-3-2-4-19(36)23(18)22)26-33-34-27(41-26)40-13-21(37)32-20-10-9-16(28)12-31-20/h5-10,12,22H,2-4,13,30H2,1H3,(H,31,32,37). The van der Waals surface area contributed by atoms with E-state index in [1.807, 2.05) is 0 Å². The molecule has 1 aliphatic carbocycles. The van der Waals surface area contributed by atoms with Crippen molar-refractivity contribution in [3.05, 3.63) is 81.4 Å². The van der Waals surface area contributed by atoms with Crippen molar-refractivity contribution in [3.8, 4) is 6.07 Å². The molecule has 0 saturated carbocycles. The number of benzene rings is 1. The minimum Gasteiger partial charge on any atom is -0.465 e. The maximum atomic E-state index is 13.3. The molecule has 208 valence electrons. The van der Waals surface area contributed by atoms with Crippen molar-refractivity contribution in [2.45, 2.75) is 29.5 Å². The number of nitrogens with one attached hydrogen (secondary N) is 1. The summed E-state index contributed by atoms with van der Waals surface area (Å²) in [6, 6.07) is 12.0. The van der Waals surface area contributed by atoms with Gasteiger partial charge in [0.2, 0.25) is 11.0 Å². The van der Waals surface area contributed by atoms with Crippen LogP contribution in [-0.2, 0) is 14.3 Å². The molecule has 5 rings (SSSR count). The van der Waals surface area contributed by atoms with Crippen LogP contribution in [0, 0.1) is 11.3 Å². The van der Waals surface area contributed by atoms with E-state index in [4.69, 9.17) is 22.1 Å². The van der Waals surface area contributed by atoms with E-state index in [9.17, 15) is 19.6 Å². The summed E-state index contributed by atoms with van der Waals surface area (Å²) in [7, 11) is 1.30. The SMILES string of the molecule is COC(=O)c1ccc(C2C(C#N)=C(N)N(c3nnc(SCC(=O)Nc4ccc(Cl)cn4)s3)C3=C2C(=O)CCC3)cc1. The number of esters is 1. The predicted octanol–water partition coefficient (Wildman–Crippen LogP) is 4.41. The zero-order chi connectivity index (χ0) is 29.1. The Morgan fingerprint density at radius 1 is 1.24 bits per heavy atom. The molecule has 3 aromatic rings. The normalized spacial score (nSPS) is 16.8. The maximum absolute atomic E-state index is 13.3. The molecule has 1 amide bonds. The number of nitriles is 1. The molecule has 0 radical (unpaired) electrons. The fraction of sp³-hybridized carbons (Fsp3) is 0.222. The quantitative estimate of drug-likeness (QED) is 0.289. The molecule has 3 heterocycles. The third-order valence-electron chi connectivity index (χ3n) is 6.49. The molecule has 0 saturated heterocycles. The molecule has 2 aliphatic rings. The summed E-state index contributed by atoms with van der Waals surface area (Å²) in [6.45, 7) is 0. The van der Waals surface area contributed by atoms with Crippen molar-refractivity contribution in [1.82, 2.24) is 15.2 Å². The van der Waals surface area contributed by atoms with E-state index in [2.05, 4.69) is 26.6 Å². The first-order valence-electron chi connectivity index (χ1n) is 12.3. The number of methoxy groups -OCH3 is 1. The van der Waals surface area contributed by atoms with Crippen LogP contribution in [0.3, 0.4) is 0 Å². The Bertz CT molecular complexity index is 1630. The fourth-order valence-electron chi connectivity index (χ4n) is 4.67. The van der Waals surface area contributed by atoms with Gasteiger partial charge in [-0.05, 0) is 42.7 Å². The molecular formula is C27H22ClN7O4S2. The number of aromatic nitrogens is 3. The van der Waals surface area contributed by atoms with Gasteiger partial charge >= 0.3 is 5.97 Å². The number of nitrogens with zero attached hydrogens (tertiary/aromatic N) is 5. The number of hydrogen-bond donors (Lipinski definition) is 2. The number of carbonyl (C=O) groups excluding carboxylic acids is 3. The van der Waals surface area contributed by atoms with E-state index in [1.165, 1.54) is 36.4 Å². The van der Waals surface area contributed by atoms with E-state index >= 15 is 0 Å². The lowest BCUT2D eigenvalue weighted by Gasteiger charge is -2.38. The van der Waals surface area contributed by atoms with Crippen LogP contribution in [-0.4, -0.2) is 45.7 Å².